The first-order valence-electron chi connectivity index (χ1n) is 10.8. The smallest absolute Gasteiger partial charge is 0.341 e. The van der Waals surface area contributed by atoms with Gasteiger partial charge in [0.15, 0.2) is 0 Å². The SMILES string of the molecule is CCOC(=O)c1cnn(-c2nc(OC)c3c(cnn3Cc3ccc(-c4ccccc4)cc3)n2)c1. The summed E-state index contributed by atoms with van der Waals surface area (Å²) in [6.07, 6.45) is 4.61. The summed E-state index contributed by atoms with van der Waals surface area (Å²) < 4.78 is 13.8. The van der Waals surface area contributed by atoms with Crippen molar-refractivity contribution >= 4 is 17.0 Å². The fourth-order valence-electron chi connectivity index (χ4n) is 3.68. The molecule has 3 heterocycles. The van der Waals surface area contributed by atoms with Gasteiger partial charge in [0.2, 0.25) is 5.88 Å². The van der Waals surface area contributed by atoms with Crippen molar-refractivity contribution in [1.29, 1.82) is 0 Å². The number of carbonyl (C=O) groups excluding carboxylic acids is 1. The molecular weight excluding hydrogens is 432 g/mol. The molecule has 0 aliphatic heterocycles. The minimum atomic E-state index is -0.451. The molecule has 5 rings (SSSR count). The van der Waals surface area contributed by atoms with Crippen molar-refractivity contribution in [1.82, 2.24) is 29.5 Å². The van der Waals surface area contributed by atoms with Gasteiger partial charge in [0.1, 0.15) is 11.0 Å². The molecule has 0 bridgehead atoms. The Bertz CT molecular complexity index is 1440. The van der Waals surface area contributed by atoms with Gasteiger partial charge in [0.05, 0.1) is 38.2 Å². The Morgan fingerprint density at radius 1 is 0.941 bits per heavy atom. The van der Waals surface area contributed by atoms with E-state index in [-0.39, 0.29) is 12.6 Å². The second-order valence-corrected chi connectivity index (χ2v) is 7.53. The zero-order chi connectivity index (χ0) is 23.5. The van der Waals surface area contributed by atoms with Crippen LogP contribution in [0.5, 0.6) is 5.88 Å². The highest BCUT2D eigenvalue weighted by Crippen LogP contribution is 2.25. The van der Waals surface area contributed by atoms with Crippen molar-refractivity contribution in [2.24, 2.45) is 0 Å². The average Bonchev–Trinajstić information content (AvgIpc) is 3.53. The van der Waals surface area contributed by atoms with Gasteiger partial charge in [-0.3, -0.25) is 4.68 Å². The van der Waals surface area contributed by atoms with Crippen LogP contribution in [0.15, 0.2) is 73.2 Å². The largest absolute Gasteiger partial charge is 0.479 e. The number of benzene rings is 2. The summed E-state index contributed by atoms with van der Waals surface area (Å²) in [7, 11) is 1.55. The molecule has 0 aliphatic rings. The third-order valence-corrected chi connectivity index (χ3v) is 5.33. The second-order valence-electron chi connectivity index (χ2n) is 7.53. The predicted molar refractivity (Wildman–Crippen MR) is 126 cm³/mol. The molecule has 0 fully saturated rings. The highest BCUT2D eigenvalue weighted by Gasteiger charge is 2.17. The lowest BCUT2D eigenvalue weighted by molar-refractivity contribution is 0.0526. The Morgan fingerprint density at radius 3 is 2.44 bits per heavy atom. The van der Waals surface area contributed by atoms with Gasteiger partial charge >= 0.3 is 5.97 Å². The van der Waals surface area contributed by atoms with Crippen LogP contribution in [-0.2, 0) is 11.3 Å². The highest BCUT2D eigenvalue weighted by atomic mass is 16.5. The summed E-state index contributed by atoms with van der Waals surface area (Å²) in [5, 5.41) is 8.69. The van der Waals surface area contributed by atoms with Gasteiger partial charge in [-0.05, 0) is 23.6 Å². The second kappa shape index (κ2) is 9.14. The van der Waals surface area contributed by atoms with E-state index in [1.807, 2.05) is 22.9 Å². The lowest BCUT2D eigenvalue weighted by Crippen LogP contribution is -2.07. The fourth-order valence-corrected chi connectivity index (χ4v) is 3.68. The van der Waals surface area contributed by atoms with E-state index in [0.29, 0.717) is 29.0 Å². The molecule has 0 radical (unpaired) electrons. The van der Waals surface area contributed by atoms with Crippen LogP contribution < -0.4 is 4.74 Å². The predicted octanol–water partition coefficient (Wildman–Crippen LogP) is 3.91. The van der Waals surface area contributed by atoms with Gasteiger partial charge in [-0.15, -0.1) is 0 Å². The number of hydrogen-bond acceptors (Lipinski definition) is 7. The number of carbonyl (C=O) groups is 1. The van der Waals surface area contributed by atoms with Crippen molar-refractivity contribution in [2.75, 3.05) is 13.7 Å². The maximum absolute atomic E-state index is 11.9. The molecule has 0 atom stereocenters. The third kappa shape index (κ3) is 4.11. The van der Waals surface area contributed by atoms with E-state index >= 15 is 0 Å². The quantitative estimate of drug-likeness (QED) is 0.344. The summed E-state index contributed by atoms with van der Waals surface area (Å²) in [6.45, 7) is 2.57. The third-order valence-electron chi connectivity index (χ3n) is 5.33. The molecule has 3 aromatic heterocycles. The van der Waals surface area contributed by atoms with E-state index < -0.39 is 5.97 Å². The van der Waals surface area contributed by atoms with Gasteiger partial charge in [-0.1, -0.05) is 54.6 Å². The number of rotatable bonds is 7. The maximum atomic E-state index is 11.9. The van der Waals surface area contributed by atoms with Crippen LogP contribution in [-0.4, -0.2) is 49.2 Å². The standard InChI is InChI=1S/C25H22N6O3/c1-3-34-24(32)20-13-26-31(16-20)25-28-21-14-27-30(22(21)23(29-25)33-2)15-17-9-11-19(12-10-17)18-7-5-4-6-8-18/h4-14,16H,3,15H2,1-2H3. The number of methoxy groups -OCH3 is 1. The van der Waals surface area contributed by atoms with Crippen LogP contribution in [0.2, 0.25) is 0 Å². The van der Waals surface area contributed by atoms with Crippen molar-refractivity contribution in [2.45, 2.75) is 13.5 Å². The molecule has 9 nitrogen and oxygen atoms in total. The minimum Gasteiger partial charge on any atom is -0.479 e. The van der Waals surface area contributed by atoms with E-state index in [1.165, 1.54) is 22.6 Å². The molecule has 9 heteroatoms. The maximum Gasteiger partial charge on any atom is 0.341 e. The Balaban J connectivity index is 1.43. The molecule has 5 aromatic rings. The number of nitrogens with zero attached hydrogens (tertiary/aromatic N) is 6. The van der Waals surface area contributed by atoms with Gasteiger partial charge in [0, 0.05) is 6.20 Å². The van der Waals surface area contributed by atoms with E-state index in [1.54, 1.807) is 20.2 Å². The number of ether oxygens (including phenoxy) is 2. The summed E-state index contributed by atoms with van der Waals surface area (Å²) >= 11 is 0. The molecule has 170 valence electrons. The Kier molecular flexibility index (Phi) is 5.73. The molecule has 0 saturated carbocycles. The van der Waals surface area contributed by atoms with E-state index in [2.05, 4.69) is 56.6 Å². The normalized spacial score (nSPS) is 11.0. The monoisotopic (exact) mass is 454 g/mol. The van der Waals surface area contributed by atoms with E-state index in [0.717, 1.165) is 11.1 Å². The van der Waals surface area contributed by atoms with Crippen LogP contribution in [0.4, 0.5) is 0 Å². The molecule has 0 amide bonds. The topological polar surface area (TPSA) is 97.0 Å². The van der Waals surface area contributed by atoms with Crippen LogP contribution in [0, 0.1) is 0 Å². The first-order chi connectivity index (χ1) is 16.7. The van der Waals surface area contributed by atoms with Crippen molar-refractivity contribution < 1.29 is 14.3 Å². The van der Waals surface area contributed by atoms with Gasteiger partial charge < -0.3 is 9.47 Å². The van der Waals surface area contributed by atoms with Gasteiger partial charge in [-0.2, -0.15) is 15.2 Å². The van der Waals surface area contributed by atoms with Crippen molar-refractivity contribution in [3.63, 3.8) is 0 Å². The number of aromatic nitrogens is 6. The van der Waals surface area contributed by atoms with Crippen molar-refractivity contribution in [3.8, 4) is 23.0 Å². The van der Waals surface area contributed by atoms with E-state index in [9.17, 15) is 4.79 Å². The summed E-state index contributed by atoms with van der Waals surface area (Å²) in [6, 6.07) is 18.6. The molecule has 0 saturated heterocycles. The van der Waals surface area contributed by atoms with Crippen LogP contribution in [0.25, 0.3) is 28.1 Å². The van der Waals surface area contributed by atoms with Crippen LogP contribution >= 0.6 is 0 Å². The molecule has 34 heavy (non-hydrogen) atoms. The lowest BCUT2D eigenvalue weighted by atomic mass is 10.0. The summed E-state index contributed by atoms with van der Waals surface area (Å²) in [5.74, 6) is 0.186. The lowest BCUT2D eigenvalue weighted by Gasteiger charge is -2.09. The highest BCUT2D eigenvalue weighted by molar-refractivity contribution is 5.88. The van der Waals surface area contributed by atoms with Crippen LogP contribution in [0.1, 0.15) is 22.8 Å². The Morgan fingerprint density at radius 2 is 1.71 bits per heavy atom. The Labute approximate surface area is 195 Å². The Hall–Kier alpha value is -4.53. The summed E-state index contributed by atoms with van der Waals surface area (Å²) in [5.41, 5.74) is 5.01. The minimum absolute atomic E-state index is 0.270. The van der Waals surface area contributed by atoms with Crippen molar-refractivity contribution in [3.05, 3.63) is 84.3 Å². The number of fused-ring (bicyclic) bond motifs is 1. The fraction of sp³-hybridized carbons (Fsp3) is 0.160. The summed E-state index contributed by atoms with van der Waals surface area (Å²) in [4.78, 5) is 21.0. The average molecular weight is 454 g/mol. The molecule has 0 N–H and O–H groups in total. The first kappa shape index (κ1) is 21.3. The van der Waals surface area contributed by atoms with Gasteiger partial charge in [-0.25, -0.2) is 14.5 Å². The van der Waals surface area contributed by atoms with Gasteiger partial charge in [0.25, 0.3) is 5.95 Å². The molecule has 0 spiro atoms. The zero-order valence-corrected chi connectivity index (χ0v) is 18.8. The van der Waals surface area contributed by atoms with E-state index in [4.69, 9.17) is 9.47 Å². The number of hydrogen-bond donors (Lipinski definition) is 0. The first-order valence-corrected chi connectivity index (χ1v) is 10.8. The molecule has 2 aromatic carbocycles. The molecule has 0 unspecified atom stereocenters. The van der Waals surface area contributed by atoms with Crippen LogP contribution in [0.3, 0.4) is 0 Å². The zero-order valence-electron chi connectivity index (χ0n) is 18.8. The molecular formula is C25H22N6O3. The molecule has 0 aliphatic carbocycles. The number of esters is 1.